The predicted octanol–water partition coefficient (Wildman–Crippen LogP) is 14.5. The van der Waals surface area contributed by atoms with Crippen LogP contribution in [0.15, 0.2) is 199 Å². The lowest BCUT2D eigenvalue weighted by Crippen LogP contribution is -2.00. The fourth-order valence-corrected chi connectivity index (χ4v) is 9.31. The van der Waals surface area contributed by atoms with Crippen LogP contribution in [0.25, 0.3) is 127 Å². The summed E-state index contributed by atoms with van der Waals surface area (Å²) in [5.41, 5.74) is 7.83. The van der Waals surface area contributed by atoms with Gasteiger partial charge >= 0.3 is 0 Å². The maximum atomic E-state index is 6.90. The molecule has 3 aromatic heterocycles. The molecule has 0 aliphatic heterocycles. The first-order chi connectivity index (χ1) is 29.7. The fraction of sp³-hybridized carbons (Fsp3) is 0. The number of rotatable bonds is 4. The number of fused-ring (bicyclic) bond motifs is 11. The standard InChI is InChI=1S/C55H32N4O/c1-2-14-34(15-3-1)53-56-54(58-55(57-53)44-24-12-20-33-13-8-9-21-40(33)44)39-25-26-42-47-32-50(41-22-10-11-23-43(41)52(47)60-51(42)31-39)59-48-29-37-18-6-4-16-35(37)27-45(48)46-28-36-17-5-7-19-38(36)30-49(46)59/h1-32H. The summed E-state index contributed by atoms with van der Waals surface area (Å²) in [6, 6.07) is 68.7. The third kappa shape index (κ3) is 4.96. The van der Waals surface area contributed by atoms with Gasteiger partial charge in [0, 0.05) is 49.0 Å². The van der Waals surface area contributed by atoms with Crippen LogP contribution in [0.1, 0.15) is 0 Å². The molecular formula is C55H32N4O. The van der Waals surface area contributed by atoms with Crippen molar-refractivity contribution in [1.82, 2.24) is 19.5 Å². The molecule has 13 rings (SSSR count). The highest BCUT2D eigenvalue weighted by molar-refractivity contribution is 6.21. The number of furan rings is 1. The Kier molecular flexibility index (Phi) is 6.95. The van der Waals surface area contributed by atoms with Crippen molar-refractivity contribution in [3.63, 3.8) is 0 Å². The molecule has 5 nitrogen and oxygen atoms in total. The summed E-state index contributed by atoms with van der Waals surface area (Å²) in [4.78, 5) is 15.3. The molecular weight excluding hydrogens is 733 g/mol. The van der Waals surface area contributed by atoms with Gasteiger partial charge in [0.2, 0.25) is 0 Å². The summed E-state index contributed by atoms with van der Waals surface area (Å²) >= 11 is 0. The Bertz CT molecular complexity index is 3800. The second-order valence-electron chi connectivity index (χ2n) is 15.6. The van der Waals surface area contributed by atoms with Crippen LogP contribution in [0.2, 0.25) is 0 Å². The van der Waals surface area contributed by atoms with Gasteiger partial charge in [-0.1, -0.05) is 152 Å². The molecule has 0 bridgehead atoms. The van der Waals surface area contributed by atoms with Gasteiger partial charge in [-0.15, -0.1) is 0 Å². The van der Waals surface area contributed by atoms with Gasteiger partial charge < -0.3 is 8.98 Å². The summed E-state index contributed by atoms with van der Waals surface area (Å²) in [6.07, 6.45) is 0. The normalized spacial score (nSPS) is 12.0. The van der Waals surface area contributed by atoms with Crippen molar-refractivity contribution >= 4 is 86.8 Å². The van der Waals surface area contributed by atoms with E-state index in [9.17, 15) is 0 Å². The molecule has 0 fully saturated rings. The van der Waals surface area contributed by atoms with E-state index in [1.54, 1.807) is 0 Å². The van der Waals surface area contributed by atoms with Crippen LogP contribution in [-0.4, -0.2) is 19.5 Å². The molecule has 13 aromatic rings. The Morgan fingerprint density at radius 1 is 0.333 bits per heavy atom. The van der Waals surface area contributed by atoms with E-state index in [0.29, 0.717) is 17.5 Å². The first kappa shape index (κ1) is 32.9. The second-order valence-corrected chi connectivity index (χ2v) is 15.6. The number of benzene rings is 10. The van der Waals surface area contributed by atoms with E-state index in [4.69, 9.17) is 19.4 Å². The molecule has 60 heavy (non-hydrogen) atoms. The summed E-state index contributed by atoms with van der Waals surface area (Å²) in [6.45, 7) is 0. The van der Waals surface area contributed by atoms with Crippen LogP contribution in [0.4, 0.5) is 0 Å². The van der Waals surface area contributed by atoms with E-state index in [-0.39, 0.29) is 0 Å². The minimum atomic E-state index is 0.587. The van der Waals surface area contributed by atoms with Gasteiger partial charge in [0.15, 0.2) is 17.5 Å². The van der Waals surface area contributed by atoms with Crippen molar-refractivity contribution in [2.45, 2.75) is 0 Å². The number of hydrogen-bond donors (Lipinski definition) is 0. The fourth-order valence-electron chi connectivity index (χ4n) is 9.31. The molecule has 10 aromatic carbocycles. The van der Waals surface area contributed by atoms with E-state index in [0.717, 1.165) is 65.9 Å². The summed E-state index contributed by atoms with van der Waals surface area (Å²) in [5.74, 6) is 1.84. The molecule has 278 valence electrons. The zero-order valence-corrected chi connectivity index (χ0v) is 32.2. The largest absolute Gasteiger partial charge is 0.455 e. The van der Waals surface area contributed by atoms with Crippen molar-refractivity contribution in [3.05, 3.63) is 194 Å². The lowest BCUT2D eigenvalue weighted by molar-refractivity contribution is 0.672. The molecule has 0 saturated heterocycles. The molecule has 0 aliphatic rings. The maximum Gasteiger partial charge on any atom is 0.164 e. The first-order valence-electron chi connectivity index (χ1n) is 20.3. The van der Waals surface area contributed by atoms with Gasteiger partial charge in [-0.2, -0.15) is 0 Å². The Hall–Kier alpha value is -8.15. The van der Waals surface area contributed by atoms with E-state index < -0.39 is 0 Å². The lowest BCUT2D eigenvalue weighted by Gasteiger charge is -2.13. The molecule has 0 radical (unpaired) electrons. The lowest BCUT2D eigenvalue weighted by atomic mass is 10.0. The van der Waals surface area contributed by atoms with Gasteiger partial charge in [0.05, 0.1) is 16.7 Å². The van der Waals surface area contributed by atoms with Crippen LogP contribution in [0.3, 0.4) is 0 Å². The van der Waals surface area contributed by atoms with Crippen molar-refractivity contribution in [1.29, 1.82) is 0 Å². The van der Waals surface area contributed by atoms with Gasteiger partial charge in [0.1, 0.15) is 11.2 Å². The minimum absolute atomic E-state index is 0.587. The minimum Gasteiger partial charge on any atom is -0.455 e. The first-order valence-corrected chi connectivity index (χ1v) is 20.3. The van der Waals surface area contributed by atoms with Gasteiger partial charge in [-0.05, 0) is 74.8 Å². The van der Waals surface area contributed by atoms with Crippen LogP contribution in [-0.2, 0) is 0 Å². The predicted molar refractivity (Wildman–Crippen MR) is 248 cm³/mol. The van der Waals surface area contributed by atoms with E-state index in [1.807, 2.05) is 30.3 Å². The van der Waals surface area contributed by atoms with Crippen LogP contribution >= 0.6 is 0 Å². The molecule has 0 aliphatic carbocycles. The number of aromatic nitrogens is 4. The second kappa shape index (κ2) is 12.7. The van der Waals surface area contributed by atoms with E-state index >= 15 is 0 Å². The van der Waals surface area contributed by atoms with Crippen molar-refractivity contribution in [2.75, 3.05) is 0 Å². The van der Waals surface area contributed by atoms with Crippen LogP contribution in [0, 0.1) is 0 Å². The quantitative estimate of drug-likeness (QED) is 0.179. The van der Waals surface area contributed by atoms with Crippen LogP contribution in [0.5, 0.6) is 0 Å². The van der Waals surface area contributed by atoms with Crippen molar-refractivity contribution in [3.8, 4) is 39.9 Å². The topological polar surface area (TPSA) is 56.7 Å². The van der Waals surface area contributed by atoms with Gasteiger partial charge in [0.25, 0.3) is 0 Å². The summed E-state index contributed by atoms with van der Waals surface area (Å²) in [5, 5.41) is 13.8. The molecule has 3 heterocycles. The zero-order valence-electron chi connectivity index (χ0n) is 32.2. The average molecular weight is 765 g/mol. The molecule has 5 heteroatoms. The molecule has 0 saturated carbocycles. The number of nitrogens with zero attached hydrogens (tertiary/aromatic N) is 4. The van der Waals surface area contributed by atoms with Crippen LogP contribution < -0.4 is 0 Å². The van der Waals surface area contributed by atoms with Crippen molar-refractivity contribution in [2.24, 2.45) is 0 Å². The van der Waals surface area contributed by atoms with Gasteiger partial charge in [-0.3, -0.25) is 0 Å². The van der Waals surface area contributed by atoms with E-state index in [2.05, 4.69) is 168 Å². The third-order valence-corrected chi connectivity index (χ3v) is 12.2. The Morgan fingerprint density at radius 2 is 0.883 bits per heavy atom. The Balaban J connectivity index is 1.05. The Morgan fingerprint density at radius 3 is 1.58 bits per heavy atom. The number of hydrogen-bond acceptors (Lipinski definition) is 4. The van der Waals surface area contributed by atoms with Gasteiger partial charge in [-0.25, -0.2) is 15.0 Å². The molecule has 0 amide bonds. The molecule has 0 spiro atoms. The monoisotopic (exact) mass is 764 g/mol. The summed E-state index contributed by atoms with van der Waals surface area (Å²) < 4.78 is 9.36. The molecule has 0 atom stereocenters. The highest BCUT2D eigenvalue weighted by Gasteiger charge is 2.21. The SMILES string of the molecule is c1ccc(-c2nc(-c3ccc4c(c3)oc3c5ccccc5c(-n5c6cc7ccccc7cc6c6cc7ccccc7cc65)cc43)nc(-c3cccc4ccccc34)n2)cc1. The highest BCUT2D eigenvalue weighted by atomic mass is 16.3. The summed E-state index contributed by atoms with van der Waals surface area (Å²) in [7, 11) is 0. The highest BCUT2D eigenvalue weighted by Crippen LogP contribution is 2.43. The molecule has 0 unspecified atom stereocenters. The van der Waals surface area contributed by atoms with Crippen molar-refractivity contribution < 1.29 is 4.42 Å². The van der Waals surface area contributed by atoms with E-state index in [1.165, 1.54) is 43.4 Å². The zero-order chi connectivity index (χ0) is 39.3. The maximum absolute atomic E-state index is 6.90. The molecule has 0 N–H and O–H groups in total. The Labute approximate surface area is 343 Å². The third-order valence-electron chi connectivity index (χ3n) is 12.2. The smallest absolute Gasteiger partial charge is 0.164 e. The average Bonchev–Trinajstić information content (AvgIpc) is 3.83.